The molecule has 0 aromatic heterocycles. The lowest BCUT2D eigenvalue weighted by Gasteiger charge is -2.17. The molecule has 3 aromatic rings. The van der Waals surface area contributed by atoms with E-state index in [4.69, 9.17) is 28.4 Å². The lowest BCUT2D eigenvalue weighted by Crippen LogP contribution is -2.15. The quantitative estimate of drug-likeness (QED) is 0.0627. The van der Waals surface area contributed by atoms with E-state index < -0.39 is 29.4 Å². The zero-order valence-electron chi connectivity index (χ0n) is 27.0. The summed E-state index contributed by atoms with van der Waals surface area (Å²) in [5.41, 5.74) is 4.42. The Bertz CT molecular complexity index is 1390. The molecular weight excluding hydrogens is 608 g/mol. The summed E-state index contributed by atoms with van der Waals surface area (Å²) in [4.78, 5) is 39.5. The van der Waals surface area contributed by atoms with Gasteiger partial charge in [-0.2, -0.15) is 0 Å². The van der Waals surface area contributed by atoms with Crippen molar-refractivity contribution in [3.05, 3.63) is 108 Å². The van der Waals surface area contributed by atoms with Crippen LogP contribution >= 0.6 is 0 Å². The lowest BCUT2D eigenvalue weighted by atomic mass is 10.1. The smallest absolute Gasteiger partial charge is 0.430 e. The number of benzene rings is 3. The Hall–Kier alpha value is -4.96. The Balaban J connectivity index is 2.16. The van der Waals surface area contributed by atoms with Crippen molar-refractivity contribution in [2.45, 2.75) is 56.2 Å². The molecular formula is C36H39O9S+. The topological polar surface area (TPSA) is 107 Å². The van der Waals surface area contributed by atoms with Gasteiger partial charge < -0.3 is 28.4 Å². The summed E-state index contributed by atoms with van der Waals surface area (Å²) < 4.78 is 31.6. The molecule has 0 N–H and O–H groups in total. The Morgan fingerprint density at radius 1 is 0.500 bits per heavy atom. The monoisotopic (exact) mass is 647 g/mol. The van der Waals surface area contributed by atoms with Gasteiger partial charge in [0.25, 0.3) is 0 Å². The van der Waals surface area contributed by atoms with E-state index in [1.807, 2.05) is 77.9 Å². The molecule has 0 aliphatic heterocycles. The fourth-order valence-corrected chi connectivity index (χ4v) is 7.28. The van der Waals surface area contributed by atoms with Crippen LogP contribution in [0.5, 0.6) is 17.2 Å². The zero-order valence-corrected chi connectivity index (χ0v) is 27.8. The van der Waals surface area contributed by atoms with Crippen molar-refractivity contribution in [2.75, 3.05) is 19.8 Å². The van der Waals surface area contributed by atoms with Gasteiger partial charge in [-0.1, -0.05) is 38.0 Å². The Morgan fingerprint density at radius 2 is 0.717 bits per heavy atom. The molecule has 0 spiro atoms. The van der Waals surface area contributed by atoms with Crippen LogP contribution in [0.2, 0.25) is 0 Å². The number of rotatable bonds is 12. The highest BCUT2D eigenvalue weighted by Crippen LogP contribution is 2.40. The number of aryl methyl sites for hydroxylation is 6. The highest BCUT2D eigenvalue weighted by molar-refractivity contribution is 7.97. The predicted molar refractivity (Wildman–Crippen MR) is 176 cm³/mol. The third kappa shape index (κ3) is 9.04. The zero-order chi connectivity index (χ0) is 34.0. The summed E-state index contributed by atoms with van der Waals surface area (Å²) in [6.45, 7) is 21.9. The average molecular weight is 648 g/mol. The second-order valence-corrected chi connectivity index (χ2v) is 12.3. The third-order valence-corrected chi connectivity index (χ3v) is 8.64. The molecule has 0 unspecified atom stereocenters. The summed E-state index contributed by atoms with van der Waals surface area (Å²) in [7, 11) is -0.709. The number of hydrogen-bond acceptors (Lipinski definition) is 9. The van der Waals surface area contributed by atoms with E-state index in [2.05, 4.69) is 19.7 Å². The van der Waals surface area contributed by atoms with Crippen LogP contribution in [0.3, 0.4) is 0 Å². The van der Waals surface area contributed by atoms with E-state index in [1.54, 1.807) is 0 Å². The first-order valence-electron chi connectivity index (χ1n) is 14.3. The molecule has 0 heterocycles. The number of hydrogen-bond donors (Lipinski definition) is 0. The number of carbonyl (C=O) groups is 3. The third-order valence-electron chi connectivity index (χ3n) is 6.52. The van der Waals surface area contributed by atoms with E-state index >= 15 is 0 Å². The molecule has 0 amide bonds. The highest BCUT2D eigenvalue weighted by atomic mass is 32.2. The van der Waals surface area contributed by atoms with E-state index in [-0.39, 0.29) is 19.8 Å². The molecule has 0 saturated carbocycles. The fraction of sp³-hybridized carbons (Fsp3) is 0.250. The van der Waals surface area contributed by atoms with Gasteiger partial charge in [0.1, 0.15) is 37.1 Å². The second kappa shape index (κ2) is 16.4. The van der Waals surface area contributed by atoms with E-state index in [9.17, 15) is 14.4 Å². The largest absolute Gasteiger partial charge is 0.514 e. The van der Waals surface area contributed by atoms with Crippen LogP contribution in [0.4, 0.5) is 14.4 Å². The first-order chi connectivity index (χ1) is 21.9. The van der Waals surface area contributed by atoms with Crippen LogP contribution in [0.1, 0.15) is 33.4 Å². The normalized spacial score (nSPS) is 10.5. The highest BCUT2D eigenvalue weighted by Gasteiger charge is 2.33. The molecule has 0 atom stereocenters. The van der Waals surface area contributed by atoms with Crippen LogP contribution in [-0.4, -0.2) is 38.3 Å². The van der Waals surface area contributed by atoms with E-state index in [1.165, 1.54) is 18.2 Å². The molecule has 0 bridgehead atoms. The molecule has 0 aliphatic carbocycles. The lowest BCUT2D eigenvalue weighted by molar-refractivity contribution is 0.108. The van der Waals surface area contributed by atoms with Crippen molar-refractivity contribution < 1.29 is 42.8 Å². The maximum atomic E-state index is 12.2. The molecule has 0 aliphatic rings. The minimum absolute atomic E-state index is 0.0350. The van der Waals surface area contributed by atoms with Gasteiger partial charge in [0.2, 0.25) is 0 Å². The van der Waals surface area contributed by atoms with Gasteiger partial charge in [-0.05, 0) is 74.9 Å². The first-order valence-corrected chi connectivity index (χ1v) is 15.6. The molecule has 0 radical (unpaired) electrons. The van der Waals surface area contributed by atoms with Gasteiger partial charge >= 0.3 is 18.5 Å². The number of carbonyl (C=O) groups excluding carboxylic acids is 3. The van der Waals surface area contributed by atoms with Gasteiger partial charge in [0.05, 0.1) is 10.9 Å². The van der Waals surface area contributed by atoms with Crippen molar-refractivity contribution in [3.8, 4) is 17.2 Å². The Labute approximate surface area is 272 Å². The Morgan fingerprint density at radius 3 is 0.913 bits per heavy atom. The van der Waals surface area contributed by atoms with Crippen molar-refractivity contribution in [2.24, 2.45) is 0 Å². The van der Waals surface area contributed by atoms with Crippen LogP contribution in [0.25, 0.3) is 0 Å². The Kier molecular flexibility index (Phi) is 12.6. The standard InChI is InChI=1S/C36H39O9S/c1-10-13-40-34(37)43-31-22(4)16-28(17-23(31)5)46(29-18-24(6)32(25(7)19-29)44-35(38)41-14-11-2)30-20-26(8)33(27(9)21-30)45-36(39)42-15-12-3/h10-12,16-21H,1-3,13-15H2,4-9H3/q+1. The van der Waals surface area contributed by atoms with Gasteiger partial charge in [0.15, 0.2) is 14.7 Å². The van der Waals surface area contributed by atoms with Gasteiger partial charge in [-0.3, -0.25) is 0 Å². The van der Waals surface area contributed by atoms with Crippen molar-refractivity contribution in [1.29, 1.82) is 0 Å². The van der Waals surface area contributed by atoms with E-state index in [0.717, 1.165) is 48.1 Å². The first kappa shape index (κ1) is 35.5. The van der Waals surface area contributed by atoms with Crippen molar-refractivity contribution in [3.63, 3.8) is 0 Å². The minimum atomic E-state index is -0.820. The van der Waals surface area contributed by atoms with Gasteiger partial charge in [0, 0.05) is 36.4 Å². The second-order valence-electron chi connectivity index (χ2n) is 10.3. The summed E-state index contributed by atoms with van der Waals surface area (Å²) in [5, 5.41) is 0. The molecule has 0 fully saturated rings. The van der Waals surface area contributed by atoms with Crippen molar-refractivity contribution in [1.82, 2.24) is 0 Å². The molecule has 9 nitrogen and oxygen atoms in total. The van der Waals surface area contributed by atoms with Gasteiger partial charge in [-0.15, -0.1) is 0 Å². The predicted octanol–water partition coefficient (Wildman–Crippen LogP) is 8.74. The molecule has 3 rings (SSSR count). The van der Waals surface area contributed by atoms with Crippen LogP contribution < -0.4 is 14.2 Å². The molecule has 46 heavy (non-hydrogen) atoms. The van der Waals surface area contributed by atoms with E-state index in [0.29, 0.717) is 17.2 Å². The van der Waals surface area contributed by atoms with Crippen LogP contribution in [-0.2, 0) is 25.1 Å². The minimum Gasteiger partial charge on any atom is -0.430 e. The van der Waals surface area contributed by atoms with Crippen LogP contribution in [0.15, 0.2) is 89.0 Å². The molecule has 0 saturated heterocycles. The summed E-state index contributed by atoms with van der Waals surface area (Å²) in [6.07, 6.45) is 1.93. The summed E-state index contributed by atoms with van der Waals surface area (Å²) >= 11 is 0. The maximum absolute atomic E-state index is 12.2. The SMILES string of the molecule is C=CCOC(=O)Oc1c(C)cc([S+](c2cc(C)c(OC(=O)OCC=C)c(C)c2)c2cc(C)c(OC(=O)OCC=C)c(C)c2)cc1C. The fourth-order valence-electron chi connectivity index (χ4n) is 4.70. The van der Waals surface area contributed by atoms with Gasteiger partial charge in [-0.25, -0.2) is 14.4 Å². The summed E-state index contributed by atoms with van der Waals surface area (Å²) in [5.74, 6) is 1.22. The average Bonchev–Trinajstić information content (AvgIpc) is 2.99. The molecule has 10 heteroatoms. The maximum Gasteiger partial charge on any atom is 0.514 e. The van der Waals surface area contributed by atoms with Crippen LogP contribution in [0, 0.1) is 41.5 Å². The van der Waals surface area contributed by atoms with Crippen molar-refractivity contribution >= 4 is 29.4 Å². The molecule has 3 aromatic carbocycles. The number of ether oxygens (including phenoxy) is 6. The molecule has 242 valence electrons. The summed E-state index contributed by atoms with van der Waals surface area (Å²) in [6, 6.07) is 11.8.